The van der Waals surface area contributed by atoms with Gasteiger partial charge < -0.3 is 15.7 Å². The smallest absolute Gasteiger partial charge is 0.310 e. The van der Waals surface area contributed by atoms with Crippen LogP contribution in [0.2, 0.25) is 0 Å². The molecule has 5 heteroatoms. The van der Waals surface area contributed by atoms with Crippen LogP contribution in [0.4, 0.5) is 0 Å². The first-order chi connectivity index (χ1) is 6.93. The van der Waals surface area contributed by atoms with Crippen LogP contribution in [0.1, 0.15) is 19.8 Å². The maximum atomic E-state index is 11.9. The van der Waals surface area contributed by atoms with Crippen LogP contribution < -0.4 is 5.73 Å². The lowest BCUT2D eigenvalue weighted by atomic mass is 9.91. The van der Waals surface area contributed by atoms with Crippen LogP contribution in [-0.4, -0.2) is 40.5 Å². The number of likely N-dealkylation sites (tertiary alicyclic amines) is 1. The van der Waals surface area contributed by atoms with Gasteiger partial charge in [-0.2, -0.15) is 0 Å². The number of carboxylic acids is 1. The molecule has 1 heterocycles. The van der Waals surface area contributed by atoms with Crippen molar-refractivity contribution in [2.45, 2.75) is 25.3 Å². The van der Waals surface area contributed by atoms with Gasteiger partial charge in [0.05, 0.1) is 11.5 Å². The average molecular weight is 212 g/mol. The predicted octanol–water partition coefficient (Wildman–Crippen LogP) is -0.343. The molecule has 5 nitrogen and oxygen atoms in total. The van der Waals surface area contributed by atoms with Gasteiger partial charge in [-0.1, -0.05) is 0 Å². The lowest BCUT2D eigenvalue weighted by Crippen LogP contribution is -2.62. The first-order valence-corrected chi connectivity index (χ1v) is 5.24. The highest BCUT2D eigenvalue weighted by molar-refractivity contribution is 5.88. The topological polar surface area (TPSA) is 83.6 Å². The van der Waals surface area contributed by atoms with Gasteiger partial charge in [0.15, 0.2) is 0 Å². The van der Waals surface area contributed by atoms with Crippen molar-refractivity contribution >= 4 is 11.9 Å². The van der Waals surface area contributed by atoms with Crippen LogP contribution in [0.15, 0.2) is 0 Å². The lowest BCUT2D eigenvalue weighted by molar-refractivity contribution is -0.155. The van der Waals surface area contributed by atoms with Gasteiger partial charge >= 0.3 is 5.97 Å². The number of nitrogens with zero attached hydrogens (tertiary/aromatic N) is 1. The van der Waals surface area contributed by atoms with E-state index in [-0.39, 0.29) is 11.8 Å². The Morgan fingerprint density at radius 2 is 1.93 bits per heavy atom. The predicted molar refractivity (Wildman–Crippen MR) is 53.0 cm³/mol. The minimum Gasteiger partial charge on any atom is -0.481 e. The van der Waals surface area contributed by atoms with Crippen LogP contribution in [0.5, 0.6) is 0 Å². The molecular formula is C10H16N2O3. The summed E-state index contributed by atoms with van der Waals surface area (Å²) in [7, 11) is 0. The molecule has 0 aromatic rings. The molecule has 0 bridgehead atoms. The second kappa shape index (κ2) is 3.20. The van der Waals surface area contributed by atoms with E-state index in [1.54, 1.807) is 11.8 Å². The van der Waals surface area contributed by atoms with Crippen molar-refractivity contribution in [2.24, 2.45) is 17.6 Å². The molecule has 0 spiro atoms. The molecule has 0 aromatic carbocycles. The second-order valence-corrected chi connectivity index (χ2v) is 4.80. The highest BCUT2D eigenvalue weighted by atomic mass is 16.4. The zero-order chi connectivity index (χ0) is 11.2. The molecule has 1 atom stereocenters. The van der Waals surface area contributed by atoms with Crippen LogP contribution >= 0.6 is 0 Å². The van der Waals surface area contributed by atoms with E-state index in [1.807, 2.05) is 0 Å². The average Bonchev–Trinajstić information content (AvgIpc) is 2.81. The molecule has 15 heavy (non-hydrogen) atoms. The highest BCUT2D eigenvalue weighted by Crippen LogP contribution is 2.39. The van der Waals surface area contributed by atoms with E-state index >= 15 is 0 Å². The van der Waals surface area contributed by atoms with Gasteiger partial charge in [0, 0.05) is 13.1 Å². The van der Waals surface area contributed by atoms with Gasteiger partial charge in [-0.15, -0.1) is 0 Å². The number of amides is 1. The Morgan fingerprint density at radius 1 is 1.40 bits per heavy atom. The van der Waals surface area contributed by atoms with Crippen LogP contribution in [0, 0.1) is 11.8 Å². The van der Waals surface area contributed by atoms with E-state index in [1.165, 1.54) is 0 Å². The molecule has 2 rings (SSSR count). The summed E-state index contributed by atoms with van der Waals surface area (Å²) in [6.07, 6.45) is 2.02. The molecule has 1 unspecified atom stereocenters. The number of carbonyl (C=O) groups is 2. The number of carbonyl (C=O) groups excluding carboxylic acids is 1. The SMILES string of the molecule is CC(N)(C(=O)N1CC(C(=O)O)C1)C1CC1. The van der Waals surface area contributed by atoms with Gasteiger partial charge in [0.2, 0.25) is 5.91 Å². The quantitative estimate of drug-likeness (QED) is 0.670. The summed E-state index contributed by atoms with van der Waals surface area (Å²) in [6.45, 7) is 2.38. The summed E-state index contributed by atoms with van der Waals surface area (Å²) in [5.74, 6) is -1.04. The van der Waals surface area contributed by atoms with Crippen LogP contribution in [0.3, 0.4) is 0 Å². The van der Waals surface area contributed by atoms with Crippen molar-refractivity contribution in [1.82, 2.24) is 4.90 Å². The molecule has 0 aromatic heterocycles. The molecule has 1 amide bonds. The molecule has 84 valence electrons. The number of hydrogen-bond acceptors (Lipinski definition) is 3. The van der Waals surface area contributed by atoms with Gasteiger partial charge in [-0.05, 0) is 25.7 Å². The zero-order valence-corrected chi connectivity index (χ0v) is 8.77. The Kier molecular flexibility index (Phi) is 2.22. The van der Waals surface area contributed by atoms with Crippen molar-refractivity contribution < 1.29 is 14.7 Å². The molecule has 1 aliphatic carbocycles. The fourth-order valence-corrected chi connectivity index (χ4v) is 2.00. The summed E-state index contributed by atoms with van der Waals surface area (Å²) in [6, 6.07) is 0. The van der Waals surface area contributed by atoms with E-state index in [4.69, 9.17) is 10.8 Å². The Hall–Kier alpha value is -1.10. The number of aliphatic carboxylic acids is 1. The Balaban J connectivity index is 1.91. The molecular weight excluding hydrogens is 196 g/mol. The highest BCUT2D eigenvalue weighted by Gasteiger charge is 2.49. The third-order valence-electron chi connectivity index (χ3n) is 3.40. The number of carboxylic acid groups (broad SMARTS) is 1. The monoisotopic (exact) mass is 212 g/mol. The third kappa shape index (κ3) is 1.71. The summed E-state index contributed by atoms with van der Waals surface area (Å²) >= 11 is 0. The van der Waals surface area contributed by atoms with E-state index in [9.17, 15) is 9.59 Å². The van der Waals surface area contributed by atoms with Crippen molar-refractivity contribution in [2.75, 3.05) is 13.1 Å². The summed E-state index contributed by atoms with van der Waals surface area (Å²) in [5.41, 5.74) is 5.17. The van der Waals surface area contributed by atoms with Gasteiger partial charge in [-0.3, -0.25) is 9.59 Å². The third-order valence-corrected chi connectivity index (χ3v) is 3.40. The molecule has 2 fully saturated rings. The number of hydrogen-bond donors (Lipinski definition) is 2. The van der Waals surface area contributed by atoms with Crippen LogP contribution in [-0.2, 0) is 9.59 Å². The standard InChI is InChI=1S/C10H16N2O3/c1-10(11,7-2-3-7)9(15)12-4-6(5-12)8(13)14/h6-7H,2-5,11H2,1H3,(H,13,14). The maximum absolute atomic E-state index is 11.9. The Morgan fingerprint density at radius 3 is 2.33 bits per heavy atom. The molecule has 1 saturated carbocycles. The Labute approximate surface area is 88.2 Å². The summed E-state index contributed by atoms with van der Waals surface area (Å²) in [4.78, 5) is 24.0. The van der Waals surface area contributed by atoms with Crippen LogP contribution in [0.25, 0.3) is 0 Å². The van der Waals surface area contributed by atoms with Gasteiger partial charge in [-0.25, -0.2) is 0 Å². The normalized spacial score (nSPS) is 25.6. The molecule has 0 radical (unpaired) electrons. The largest absolute Gasteiger partial charge is 0.481 e. The molecule has 1 aliphatic heterocycles. The van der Waals surface area contributed by atoms with Crippen molar-refractivity contribution in [3.8, 4) is 0 Å². The zero-order valence-electron chi connectivity index (χ0n) is 8.77. The summed E-state index contributed by atoms with van der Waals surface area (Å²) in [5, 5.41) is 8.69. The van der Waals surface area contributed by atoms with Gasteiger partial charge in [0.25, 0.3) is 0 Å². The van der Waals surface area contributed by atoms with E-state index in [2.05, 4.69) is 0 Å². The van der Waals surface area contributed by atoms with Crippen molar-refractivity contribution in [3.63, 3.8) is 0 Å². The van der Waals surface area contributed by atoms with Gasteiger partial charge in [0.1, 0.15) is 0 Å². The summed E-state index contributed by atoms with van der Waals surface area (Å²) < 4.78 is 0. The minimum absolute atomic E-state index is 0.0949. The molecule has 1 saturated heterocycles. The van der Waals surface area contributed by atoms with E-state index in [0.717, 1.165) is 12.8 Å². The van der Waals surface area contributed by atoms with Crippen molar-refractivity contribution in [3.05, 3.63) is 0 Å². The van der Waals surface area contributed by atoms with E-state index in [0.29, 0.717) is 13.1 Å². The number of rotatable bonds is 3. The fourth-order valence-electron chi connectivity index (χ4n) is 2.00. The first kappa shape index (κ1) is 10.4. The lowest BCUT2D eigenvalue weighted by Gasteiger charge is -2.41. The Bertz CT molecular complexity index is 304. The molecule has 3 N–H and O–H groups in total. The van der Waals surface area contributed by atoms with E-state index < -0.39 is 17.4 Å². The second-order valence-electron chi connectivity index (χ2n) is 4.80. The fraction of sp³-hybridized carbons (Fsp3) is 0.800. The maximum Gasteiger partial charge on any atom is 0.310 e. The first-order valence-electron chi connectivity index (χ1n) is 5.24. The molecule has 2 aliphatic rings. The van der Waals surface area contributed by atoms with Crippen molar-refractivity contribution in [1.29, 1.82) is 0 Å². The number of nitrogens with two attached hydrogens (primary N) is 1. The minimum atomic E-state index is -0.829.